The van der Waals surface area contributed by atoms with Gasteiger partial charge >= 0.3 is 6.18 Å². The van der Waals surface area contributed by atoms with Crippen molar-refractivity contribution in [2.24, 2.45) is 0 Å². The molecule has 2 aliphatic rings. The smallest absolute Gasteiger partial charge is 0.406 e. The Bertz CT molecular complexity index is 1210. The second-order valence-corrected chi connectivity index (χ2v) is 7.49. The highest BCUT2D eigenvalue weighted by Crippen LogP contribution is 2.42. The Balaban J connectivity index is 1.59. The fourth-order valence-corrected chi connectivity index (χ4v) is 4.19. The maximum Gasteiger partial charge on any atom is 0.406 e. The Morgan fingerprint density at radius 3 is 2.55 bits per heavy atom. The molecule has 10 heteroatoms. The van der Waals surface area contributed by atoms with Gasteiger partial charge in [-0.05, 0) is 24.6 Å². The number of amides is 1. The van der Waals surface area contributed by atoms with Gasteiger partial charge in [-0.25, -0.2) is 15.4 Å². The van der Waals surface area contributed by atoms with Crippen LogP contribution in [-0.2, 0) is 4.79 Å². The largest absolute Gasteiger partial charge is 0.506 e. The summed E-state index contributed by atoms with van der Waals surface area (Å²) in [7, 11) is 0. The average Bonchev–Trinajstić information content (AvgIpc) is 3.31. The number of hydrogen-bond donors (Lipinski definition) is 3. The minimum absolute atomic E-state index is 0.00557. The van der Waals surface area contributed by atoms with Crippen molar-refractivity contribution in [2.75, 3.05) is 0 Å². The van der Waals surface area contributed by atoms with Crippen LogP contribution in [-0.4, -0.2) is 39.4 Å². The minimum atomic E-state index is -4.59. The zero-order chi connectivity index (χ0) is 21.9. The first-order valence-electron chi connectivity index (χ1n) is 9.53. The zero-order valence-electron chi connectivity index (χ0n) is 16.1. The van der Waals surface area contributed by atoms with Gasteiger partial charge in [0, 0.05) is 5.70 Å². The van der Waals surface area contributed by atoms with E-state index in [0.717, 1.165) is 5.01 Å². The molecular weight excluding hydrogens is 413 g/mol. The first-order chi connectivity index (χ1) is 14.8. The van der Waals surface area contributed by atoms with E-state index in [0.29, 0.717) is 11.3 Å². The molecule has 3 atom stereocenters. The highest BCUT2D eigenvalue weighted by atomic mass is 19.4. The maximum absolute atomic E-state index is 13.9. The Morgan fingerprint density at radius 2 is 1.87 bits per heavy atom. The van der Waals surface area contributed by atoms with Crippen LogP contribution in [0.15, 0.2) is 58.6 Å². The fourth-order valence-electron chi connectivity index (χ4n) is 4.19. The summed E-state index contributed by atoms with van der Waals surface area (Å²) in [6, 6.07) is 10.9. The number of hydrogen-bond acceptors (Lipinski definition) is 6. The van der Waals surface area contributed by atoms with E-state index in [1.54, 1.807) is 49.4 Å². The molecule has 3 aromatic rings. The van der Waals surface area contributed by atoms with Crippen LogP contribution in [0.5, 0.6) is 5.75 Å². The van der Waals surface area contributed by atoms with E-state index in [9.17, 15) is 23.1 Å². The number of phenolic OH excluding ortho intramolecular Hbond substituents is 1. The van der Waals surface area contributed by atoms with Gasteiger partial charge in [-0.15, -0.1) is 0 Å². The highest BCUT2D eigenvalue weighted by Gasteiger charge is 2.58. The number of allylic oxidation sites excluding steroid dienone is 1. The summed E-state index contributed by atoms with van der Waals surface area (Å²) in [4.78, 5) is 17.4. The van der Waals surface area contributed by atoms with E-state index in [4.69, 9.17) is 4.42 Å². The molecule has 5 rings (SSSR count). The molecular formula is C21H17F3N4O3. The number of halogens is 3. The number of alkyl halides is 3. The molecule has 1 fully saturated rings. The zero-order valence-corrected chi connectivity index (χ0v) is 16.1. The summed E-state index contributed by atoms with van der Waals surface area (Å²) in [6.45, 7) is 1.59. The number of benzene rings is 2. The lowest BCUT2D eigenvalue weighted by molar-refractivity contribution is -0.161. The van der Waals surface area contributed by atoms with Gasteiger partial charge < -0.3 is 14.8 Å². The second-order valence-electron chi connectivity index (χ2n) is 7.49. The number of rotatable bonds is 2. The summed E-state index contributed by atoms with van der Waals surface area (Å²) in [5, 5.41) is 13.9. The van der Waals surface area contributed by atoms with Crippen LogP contribution in [0.2, 0.25) is 0 Å². The highest BCUT2D eigenvalue weighted by molar-refractivity contribution is 6.20. The molecule has 7 nitrogen and oxygen atoms in total. The number of carbonyl (C=O) groups excluding carboxylic acids is 1. The number of oxazole rings is 1. The number of nitrogens with one attached hydrogen (secondary N) is 2. The molecule has 31 heavy (non-hydrogen) atoms. The molecule has 0 radical (unpaired) electrons. The quantitative estimate of drug-likeness (QED) is 0.578. The van der Waals surface area contributed by atoms with Gasteiger partial charge in [0.1, 0.15) is 23.5 Å². The minimum Gasteiger partial charge on any atom is -0.506 e. The van der Waals surface area contributed by atoms with Crippen LogP contribution in [0.3, 0.4) is 0 Å². The number of aromatic hydroxyl groups is 1. The van der Waals surface area contributed by atoms with E-state index < -0.39 is 30.2 Å². The first-order valence-corrected chi connectivity index (χ1v) is 9.53. The summed E-state index contributed by atoms with van der Waals surface area (Å²) < 4.78 is 47.2. The van der Waals surface area contributed by atoms with Gasteiger partial charge in [-0.1, -0.05) is 36.4 Å². The molecule has 160 valence electrons. The van der Waals surface area contributed by atoms with Crippen LogP contribution in [0.1, 0.15) is 24.3 Å². The summed E-state index contributed by atoms with van der Waals surface area (Å²) >= 11 is 0. The molecule has 3 unspecified atom stereocenters. The van der Waals surface area contributed by atoms with Crippen LogP contribution in [0, 0.1) is 0 Å². The van der Waals surface area contributed by atoms with Crippen molar-refractivity contribution >= 4 is 22.6 Å². The number of fused-ring (bicyclic) bond motifs is 2. The van der Waals surface area contributed by atoms with Gasteiger partial charge in [0.15, 0.2) is 11.1 Å². The third-order valence-corrected chi connectivity index (χ3v) is 5.58. The second kappa shape index (κ2) is 6.74. The predicted molar refractivity (Wildman–Crippen MR) is 104 cm³/mol. The van der Waals surface area contributed by atoms with E-state index in [1.165, 1.54) is 6.07 Å². The number of carbonyl (C=O) groups is 1. The molecule has 1 amide bonds. The lowest BCUT2D eigenvalue weighted by atomic mass is 9.89. The van der Waals surface area contributed by atoms with Gasteiger partial charge in [0.25, 0.3) is 5.91 Å². The Hall–Kier alpha value is -3.53. The maximum atomic E-state index is 13.9. The topological polar surface area (TPSA) is 90.6 Å². The third kappa shape index (κ3) is 3.02. The molecule has 3 N–H and O–H groups in total. The van der Waals surface area contributed by atoms with Crippen molar-refractivity contribution < 1.29 is 27.5 Å². The van der Waals surface area contributed by atoms with E-state index in [-0.39, 0.29) is 28.3 Å². The first kappa shape index (κ1) is 19.4. The molecule has 3 heterocycles. The Morgan fingerprint density at radius 1 is 1.13 bits per heavy atom. The molecule has 0 spiro atoms. The fraction of sp³-hybridized carbons (Fsp3) is 0.238. The van der Waals surface area contributed by atoms with E-state index in [2.05, 4.69) is 15.7 Å². The van der Waals surface area contributed by atoms with Crippen LogP contribution >= 0.6 is 0 Å². The summed E-state index contributed by atoms with van der Waals surface area (Å²) in [6.07, 6.45) is -5.54. The van der Waals surface area contributed by atoms with Crippen molar-refractivity contribution in [3.05, 3.63) is 65.7 Å². The van der Waals surface area contributed by atoms with Crippen molar-refractivity contribution in [3.63, 3.8) is 0 Å². The van der Waals surface area contributed by atoms with Crippen molar-refractivity contribution in [3.8, 4) is 5.75 Å². The molecule has 0 saturated carbocycles. The lowest BCUT2D eigenvalue weighted by Crippen LogP contribution is -2.54. The SMILES string of the molecule is CC1=C(c2nc3c(O)cccc3o2)C(=O)N2NC(C(F)(F)F)C(c3ccccc3)C2N1. The van der Waals surface area contributed by atoms with Crippen molar-refractivity contribution in [2.45, 2.75) is 31.2 Å². The average molecular weight is 430 g/mol. The lowest BCUT2D eigenvalue weighted by Gasteiger charge is -2.34. The summed E-state index contributed by atoms with van der Waals surface area (Å²) in [5.74, 6) is -1.96. The molecule has 2 aromatic carbocycles. The molecule has 0 bridgehead atoms. The Kier molecular flexibility index (Phi) is 4.23. The van der Waals surface area contributed by atoms with Crippen LogP contribution in [0.4, 0.5) is 13.2 Å². The number of para-hydroxylation sites is 1. The van der Waals surface area contributed by atoms with E-state index in [1.807, 2.05) is 0 Å². The van der Waals surface area contributed by atoms with Gasteiger partial charge in [0.05, 0.1) is 5.92 Å². The van der Waals surface area contributed by atoms with Gasteiger partial charge in [-0.3, -0.25) is 4.79 Å². The molecule has 0 aliphatic carbocycles. The standard InChI is InChI=1S/C21H17F3N4O3/c1-10-14(19-26-16-12(29)8-5-9-13(16)31-19)20(30)28-18(25-10)15(11-6-3-2-4-7-11)17(27-28)21(22,23)24/h2-9,15,17-18,25,27,29H,1H3. The number of aromatic nitrogens is 1. The number of phenols is 1. The normalized spacial score (nSPS) is 23.9. The number of nitrogens with zero attached hydrogens (tertiary/aromatic N) is 2. The molecule has 2 aliphatic heterocycles. The summed E-state index contributed by atoms with van der Waals surface area (Å²) in [5.41, 5.74) is 3.55. The predicted octanol–water partition coefficient (Wildman–Crippen LogP) is 3.26. The molecule has 1 saturated heterocycles. The van der Waals surface area contributed by atoms with Crippen LogP contribution in [0.25, 0.3) is 16.7 Å². The van der Waals surface area contributed by atoms with Gasteiger partial charge in [0.2, 0.25) is 5.89 Å². The monoisotopic (exact) mass is 430 g/mol. The Labute approximate surface area is 174 Å². The van der Waals surface area contributed by atoms with E-state index >= 15 is 0 Å². The third-order valence-electron chi connectivity index (χ3n) is 5.58. The van der Waals surface area contributed by atoms with Crippen LogP contribution < -0.4 is 10.7 Å². The van der Waals surface area contributed by atoms with Crippen molar-refractivity contribution in [1.82, 2.24) is 20.7 Å². The molecule has 1 aromatic heterocycles. The van der Waals surface area contributed by atoms with Gasteiger partial charge in [-0.2, -0.15) is 13.2 Å². The number of hydrazine groups is 1. The van der Waals surface area contributed by atoms with Crippen molar-refractivity contribution in [1.29, 1.82) is 0 Å².